The van der Waals surface area contributed by atoms with Gasteiger partial charge in [-0.05, 0) is 24.3 Å². The smallest absolute Gasteiger partial charge is 0.280 e. The molecule has 0 radical (unpaired) electrons. The highest BCUT2D eigenvalue weighted by molar-refractivity contribution is 5.39. The van der Waals surface area contributed by atoms with Gasteiger partial charge in [0.05, 0.1) is 19.0 Å². The molecule has 0 atom stereocenters. The van der Waals surface area contributed by atoms with Gasteiger partial charge in [0, 0.05) is 18.2 Å². The van der Waals surface area contributed by atoms with Gasteiger partial charge < -0.3 is 10.1 Å². The monoisotopic (exact) mass is 295 g/mol. The average Bonchev–Trinajstić information content (AvgIpc) is 2.89. The SMILES string of the molecule is COc1ccc(-n2ncc(CNC(C)C)c2C(F)F)cc1. The Morgan fingerprint density at radius 2 is 1.90 bits per heavy atom. The first-order chi connectivity index (χ1) is 10.0. The number of nitrogens with one attached hydrogen (secondary N) is 1. The minimum atomic E-state index is -2.58. The zero-order valence-electron chi connectivity index (χ0n) is 12.3. The van der Waals surface area contributed by atoms with Gasteiger partial charge in [-0.2, -0.15) is 5.10 Å². The van der Waals surface area contributed by atoms with Crippen LogP contribution >= 0.6 is 0 Å². The summed E-state index contributed by atoms with van der Waals surface area (Å²) in [6.45, 7) is 4.30. The molecule has 0 aliphatic carbocycles. The van der Waals surface area contributed by atoms with E-state index in [4.69, 9.17) is 4.74 Å². The van der Waals surface area contributed by atoms with Gasteiger partial charge in [-0.15, -0.1) is 0 Å². The van der Waals surface area contributed by atoms with Gasteiger partial charge in [-0.25, -0.2) is 13.5 Å². The lowest BCUT2D eigenvalue weighted by Crippen LogP contribution is -2.22. The molecule has 1 aromatic heterocycles. The van der Waals surface area contributed by atoms with Gasteiger partial charge in [-0.1, -0.05) is 13.8 Å². The molecule has 0 saturated heterocycles. The van der Waals surface area contributed by atoms with Gasteiger partial charge in [-0.3, -0.25) is 0 Å². The molecule has 0 spiro atoms. The van der Waals surface area contributed by atoms with Crippen LogP contribution in [0.4, 0.5) is 8.78 Å². The van der Waals surface area contributed by atoms with Crippen molar-refractivity contribution in [1.29, 1.82) is 0 Å². The molecule has 0 unspecified atom stereocenters. The number of alkyl halides is 2. The fourth-order valence-electron chi connectivity index (χ4n) is 2.00. The van der Waals surface area contributed by atoms with Crippen molar-refractivity contribution in [3.63, 3.8) is 0 Å². The first-order valence-corrected chi connectivity index (χ1v) is 6.75. The summed E-state index contributed by atoms with van der Waals surface area (Å²) in [7, 11) is 1.56. The van der Waals surface area contributed by atoms with Crippen LogP contribution < -0.4 is 10.1 Å². The molecular formula is C15H19F2N3O. The Labute approximate surface area is 122 Å². The number of ether oxygens (including phenoxy) is 1. The lowest BCUT2D eigenvalue weighted by molar-refractivity contribution is 0.141. The predicted molar refractivity (Wildman–Crippen MR) is 77.0 cm³/mol. The summed E-state index contributed by atoms with van der Waals surface area (Å²) >= 11 is 0. The molecule has 21 heavy (non-hydrogen) atoms. The first kappa shape index (κ1) is 15.4. The number of nitrogens with zero attached hydrogens (tertiary/aromatic N) is 2. The Bertz CT molecular complexity index is 579. The minimum Gasteiger partial charge on any atom is -0.497 e. The van der Waals surface area contributed by atoms with Crippen LogP contribution in [0.25, 0.3) is 5.69 Å². The average molecular weight is 295 g/mol. The van der Waals surface area contributed by atoms with E-state index in [1.807, 2.05) is 13.8 Å². The molecule has 0 amide bonds. The van der Waals surface area contributed by atoms with E-state index in [-0.39, 0.29) is 11.7 Å². The van der Waals surface area contributed by atoms with Crippen molar-refractivity contribution in [3.8, 4) is 11.4 Å². The molecule has 0 aliphatic rings. The standard InChI is InChI=1S/C15H19F2N3O/c1-10(2)18-8-11-9-19-20(14(11)15(16)17)12-4-6-13(21-3)7-5-12/h4-7,9-10,15,18H,8H2,1-3H3. The lowest BCUT2D eigenvalue weighted by Gasteiger charge is -2.11. The second kappa shape index (κ2) is 6.67. The lowest BCUT2D eigenvalue weighted by atomic mass is 10.2. The van der Waals surface area contributed by atoms with Gasteiger partial charge in [0.2, 0.25) is 0 Å². The number of rotatable bonds is 6. The number of hydrogen-bond donors (Lipinski definition) is 1. The van der Waals surface area contributed by atoms with Crippen molar-refractivity contribution in [2.75, 3.05) is 7.11 Å². The fourth-order valence-corrected chi connectivity index (χ4v) is 2.00. The summed E-state index contributed by atoms with van der Waals surface area (Å²) in [4.78, 5) is 0. The second-order valence-corrected chi connectivity index (χ2v) is 5.00. The van der Waals surface area contributed by atoms with Gasteiger partial charge >= 0.3 is 0 Å². The van der Waals surface area contributed by atoms with Crippen LogP contribution in [-0.4, -0.2) is 22.9 Å². The molecule has 0 saturated carbocycles. The van der Waals surface area contributed by atoms with E-state index in [2.05, 4.69) is 10.4 Å². The van der Waals surface area contributed by atoms with Crippen LogP contribution in [-0.2, 0) is 6.54 Å². The summed E-state index contributed by atoms with van der Waals surface area (Å²) in [6, 6.07) is 7.07. The van der Waals surface area contributed by atoms with Crippen molar-refractivity contribution < 1.29 is 13.5 Å². The third kappa shape index (κ3) is 3.58. The molecule has 1 aromatic carbocycles. The molecule has 0 fully saturated rings. The summed E-state index contributed by atoms with van der Waals surface area (Å²) < 4.78 is 33.1. The molecule has 114 valence electrons. The topological polar surface area (TPSA) is 39.1 Å². The normalized spacial score (nSPS) is 11.4. The van der Waals surface area contributed by atoms with Gasteiger partial charge in [0.15, 0.2) is 0 Å². The molecule has 6 heteroatoms. The number of halogens is 2. The maximum Gasteiger partial charge on any atom is 0.280 e. The van der Waals surface area contributed by atoms with E-state index in [9.17, 15) is 8.78 Å². The van der Waals surface area contributed by atoms with Crippen LogP contribution in [0.5, 0.6) is 5.75 Å². The fraction of sp³-hybridized carbons (Fsp3) is 0.400. The Hall–Kier alpha value is -1.95. The van der Waals surface area contributed by atoms with E-state index in [0.717, 1.165) is 0 Å². The molecular weight excluding hydrogens is 276 g/mol. The first-order valence-electron chi connectivity index (χ1n) is 6.75. The van der Waals surface area contributed by atoms with Crippen LogP contribution in [0.15, 0.2) is 30.5 Å². The highest BCUT2D eigenvalue weighted by Gasteiger charge is 2.20. The molecule has 2 rings (SSSR count). The van der Waals surface area contributed by atoms with Crippen LogP contribution in [0.1, 0.15) is 31.5 Å². The Kier molecular flexibility index (Phi) is 4.90. The molecule has 2 aromatic rings. The summed E-state index contributed by atoms with van der Waals surface area (Å²) in [6.07, 6.45) is -1.10. The Balaban J connectivity index is 2.34. The van der Waals surface area contributed by atoms with Crippen molar-refractivity contribution in [2.24, 2.45) is 0 Å². The van der Waals surface area contributed by atoms with Crippen molar-refractivity contribution in [2.45, 2.75) is 32.9 Å². The number of hydrogen-bond acceptors (Lipinski definition) is 3. The molecule has 0 aliphatic heterocycles. The van der Waals surface area contributed by atoms with Crippen LogP contribution in [0.2, 0.25) is 0 Å². The molecule has 1 heterocycles. The highest BCUT2D eigenvalue weighted by Crippen LogP contribution is 2.26. The zero-order chi connectivity index (χ0) is 15.4. The Morgan fingerprint density at radius 3 is 2.43 bits per heavy atom. The Morgan fingerprint density at radius 1 is 1.24 bits per heavy atom. The zero-order valence-corrected chi connectivity index (χ0v) is 12.3. The number of methoxy groups -OCH3 is 1. The van der Waals surface area contributed by atoms with E-state index >= 15 is 0 Å². The molecule has 0 bridgehead atoms. The van der Waals surface area contributed by atoms with E-state index < -0.39 is 6.43 Å². The second-order valence-electron chi connectivity index (χ2n) is 5.00. The maximum absolute atomic E-state index is 13.4. The number of aromatic nitrogens is 2. The summed E-state index contributed by atoms with van der Waals surface area (Å²) in [5, 5.41) is 7.23. The third-order valence-electron chi connectivity index (χ3n) is 3.11. The largest absolute Gasteiger partial charge is 0.497 e. The quantitative estimate of drug-likeness (QED) is 0.888. The van der Waals surface area contributed by atoms with Crippen molar-refractivity contribution in [3.05, 3.63) is 41.7 Å². The molecule has 1 N–H and O–H groups in total. The van der Waals surface area contributed by atoms with E-state index in [1.165, 1.54) is 10.9 Å². The summed E-state index contributed by atoms with van der Waals surface area (Å²) in [5.74, 6) is 0.672. The molecule has 4 nitrogen and oxygen atoms in total. The number of benzene rings is 1. The predicted octanol–water partition coefficient (Wildman–Crippen LogP) is 3.32. The third-order valence-corrected chi connectivity index (χ3v) is 3.11. The van der Waals surface area contributed by atoms with Crippen molar-refractivity contribution in [1.82, 2.24) is 15.1 Å². The van der Waals surface area contributed by atoms with Gasteiger partial charge in [0.25, 0.3) is 6.43 Å². The minimum absolute atomic E-state index is 0.0756. The van der Waals surface area contributed by atoms with Crippen molar-refractivity contribution >= 4 is 0 Å². The van der Waals surface area contributed by atoms with Crippen LogP contribution in [0, 0.1) is 0 Å². The maximum atomic E-state index is 13.4. The van der Waals surface area contributed by atoms with E-state index in [0.29, 0.717) is 23.5 Å². The van der Waals surface area contributed by atoms with Gasteiger partial charge in [0.1, 0.15) is 11.4 Å². The van der Waals surface area contributed by atoms with Crippen LogP contribution in [0.3, 0.4) is 0 Å². The summed E-state index contributed by atoms with van der Waals surface area (Å²) in [5.41, 5.74) is 1.02. The highest BCUT2D eigenvalue weighted by atomic mass is 19.3. The van der Waals surface area contributed by atoms with E-state index in [1.54, 1.807) is 31.4 Å².